The van der Waals surface area contributed by atoms with Crippen molar-refractivity contribution in [3.8, 4) is 0 Å². The van der Waals surface area contributed by atoms with E-state index in [-0.39, 0.29) is 22.0 Å². The number of nitrogen functional groups attached to an aromatic ring is 1. The third-order valence-corrected chi connectivity index (χ3v) is 2.83. The lowest BCUT2D eigenvalue weighted by molar-refractivity contribution is 0.0891. The van der Waals surface area contributed by atoms with E-state index in [0.717, 1.165) is 6.42 Å². The Morgan fingerprint density at radius 1 is 1.37 bits per heavy atom. The average Bonchev–Trinajstić information content (AvgIpc) is 2.16. The number of rotatable bonds is 3. The molecule has 1 aromatic rings. The zero-order valence-electron chi connectivity index (χ0n) is 12.2. The van der Waals surface area contributed by atoms with E-state index >= 15 is 0 Å². The van der Waals surface area contributed by atoms with E-state index in [1.165, 1.54) is 12.3 Å². The van der Waals surface area contributed by atoms with Crippen LogP contribution in [0, 0.1) is 5.41 Å². The van der Waals surface area contributed by atoms with Crippen LogP contribution < -0.4 is 11.1 Å². The van der Waals surface area contributed by atoms with Gasteiger partial charge in [0.25, 0.3) is 5.91 Å². The first-order valence-corrected chi connectivity index (χ1v) is 6.61. The molecule has 1 amide bonds. The maximum atomic E-state index is 12.2. The molecule has 0 aliphatic rings. The van der Waals surface area contributed by atoms with Crippen LogP contribution in [0.3, 0.4) is 0 Å². The maximum Gasteiger partial charge on any atom is 0.254 e. The molecule has 0 saturated carbocycles. The predicted octanol–water partition coefficient (Wildman–Crippen LogP) is 3.26. The monoisotopic (exact) mass is 283 g/mol. The second-order valence-electron chi connectivity index (χ2n) is 6.68. The van der Waals surface area contributed by atoms with Gasteiger partial charge in [-0.25, -0.2) is 4.98 Å². The summed E-state index contributed by atoms with van der Waals surface area (Å²) in [4.78, 5) is 16.1. The van der Waals surface area contributed by atoms with Crippen LogP contribution in [0.2, 0.25) is 5.15 Å². The molecule has 0 unspecified atom stereocenters. The van der Waals surface area contributed by atoms with Crippen molar-refractivity contribution in [2.75, 3.05) is 5.73 Å². The number of nitrogens with one attached hydrogen (secondary N) is 1. The van der Waals surface area contributed by atoms with Crippen LogP contribution in [0.4, 0.5) is 5.69 Å². The predicted molar refractivity (Wildman–Crippen MR) is 79.3 cm³/mol. The molecule has 1 heterocycles. The largest absolute Gasteiger partial charge is 0.397 e. The van der Waals surface area contributed by atoms with Gasteiger partial charge >= 0.3 is 0 Å². The zero-order chi connectivity index (χ0) is 14.8. The van der Waals surface area contributed by atoms with Crippen LogP contribution in [-0.2, 0) is 0 Å². The molecule has 4 nitrogen and oxygen atoms in total. The third-order valence-electron chi connectivity index (χ3n) is 2.53. The number of aromatic nitrogens is 1. The van der Waals surface area contributed by atoms with E-state index in [1.807, 2.05) is 13.8 Å². The van der Waals surface area contributed by atoms with Crippen LogP contribution in [-0.4, -0.2) is 16.4 Å². The third kappa shape index (κ3) is 5.07. The number of nitrogens with two attached hydrogens (primary N) is 1. The quantitative estimate of drug-likeness (QED) is 0.837. The Morgan fingerprint density at radius 2 is 1.95 bits per heavy atom. The van der Waals surface area contributed by atoms with Crippen molar-refractivity contribution in [3.05, 3.63) is 23.0 Å². The summed E-state index contributed by atoms with van der Waals surface area (Å²) in [7, 11) is 0. The second-order valence-corrected chi connectivity index (χ2v) is 7.04. The fraction of sp³-hybridized carbons (Fsp3) is 0.571. The van der Waals surface area contributed by atoms with E-state index in [2.05, 4.69) is 31.1 Å². The zero-order valence-corrected chi connectivity index (χ0v) is 12.9. The molecule has 0 saturated heterocycles. The average molecular weight is 284 g/mol. The van der Waals surface area contributed by atoms with E-state index in [4.69, 9.17) is 17.3 Å². The number of carbonyl (C=O) groups is 1. The van der Waals surface area contributed by atoms with E-state index in [9.17, 15) is 4.79 Å². The van der Waals surface area contributed by atoms with Gasteiger partial charge in [-0.05, 0) is 31.7 Å². The van der Waals surface area contributed by atoms with Gasteiger partial charge in [0.1, 0.15) is 5.15 Å². The molecule has 0 aliphatic heterocycles. The molecular formula is C14H22ClN3O. The van der Waals surface area contributed by atoms with Crippen molar-refractivity contribution in [2.45, 2.75) is 46.6 Å². The Labute approximate surface area is 119 Å². The highest BCUT2D eigenvalue weighted by molar-refractivity contribution is 6.32. The van der Waals surface area contributed by atoms with Gasteiger partial charge < -0.3 is 11.1 Å². The van der Waals surface area contributed by atoms with Gasteiger partial charge in [0.05, 0.1) is 17.4 Å². The molecule has 0 aliphatic carbocycles. The fourth-order valence-electron chi connectivity index (χ4n) is 2.37. The van der Waals surface area contributed by atoms with Crippen LogP contribution in [0.25, 0.3) is 0 Å². The molecule has 0 spiro atoms. The molecule has 0 bridgehead atoms. The lowest BCUT2D eigenvalue weighted by atomic mass is 9.81. The number of hydrogen-bond donors (Lipinski definition) is 2. The number of halogens is 1. The molecule has 0 fully saturated rings. The van der Waals surface area contributed by atoms with Crippen molar-refractivity contribution in [2.24, 2.45) is 5.41 Å². The smallest absolute Gasteiger partial charge is 0.254 e. The Kier molecular flexibility index (Phi) is 4.46. The highest BCUT2D eigenvalue weighted by Gasteiger charge is 2.28. The summed E-state index contributed by atoms with van der Waals surface area (Å²) in [6.07, 6.45) is 2.28. The number of hydrogen-bond acceptors (Lipinski definition) is 3. The minimum absolute atomic E-state index is 0.120. The van der Waals surface area contributed by atoms with E-state index < -0.39 is 0 Å². The Balaban J connectivity index is 2.87. The normalized spacial score (nSPS) is 12.3. The first kappa shape index (κ1) is 15.8. The lowest BCUT2D eigenvalue weighted by Gasteiger charge is -2.33. The first-order chi connectivity index (χ1) is 8.50. The fourth-order valence-corrected chi connectivity index (χ4v) is 2.56. The Bertz CT molecular complexity index is 478. The van der Waals surface area contributed by atoms with Crippen molar-refractivity contribution >= 4 is 23.2 Å². The van der Waals surface area contributed by atoms with E-state index in [0.29, 0.717) is 11.3 Å². The summed E-state index contributed by atoms with van der Waals surface area (Å²) >= 11 is 5.93. The number of nitrogens with zero attached hydrogens (tertiary/aromatic N) is 1. The molecule has 5 heteroatoms. The molecule has 1 aromatic heterocycles. The summed E-state index contributed by atoms with van der Waals surface area (Å²) in [5.74, 6) is -0.251. The summed E-state index contributed by atoms with van der Waals surface area (Å²) in [6.45, 7) is 10.4. The van der Waals surface area contributed by atoms with Crippen molar-refractivity contribution < 1.29 is 4.79 Å². The van der Waals surface area contributed by atoms with Crippen molar-refractivity contribution in [1.82, 2.24) is 10.3 Å². The molecule has 0 aromatic carbocycles. The summed E-state index contributed by atoms with van der Waals surface area (Å²) in [5, 5.41) is 3.14. The number of anilines is 1. The topological polar surface area (TPSA) is 68.0 Å². The maximum absolute atomic E-state index is 12.2. The van der Waals surface area contributed by atoms with Gasteiger partial charge in [-0.15, -0.1) is 0 Å². The standard InChI is InChI=1S/C14H22ClN3O/c1-13(2,3)8-14(4,5)18-12(19)10-6-9(16)7-17-11(10)15/h6-7H,8,16H2,1-5H3,(H,18,19). The van der Waals surface area contributed by atoms with Gasteiger partial charge in [0.2, 0.25) is 0 Å². The van der Waals surface area contributed by atoms with Crippen molar-refractivity contribution in [3.63, 3.8) is 0 Å². The Hall–Kier alpha value is -1.29. The van der Waals surface area contributed by atoms with E-state index in [1.54, 1.807) is 0 Å². The molecular weight excluding hydrogens is 262 g/mol. The molecule has 0 radical (unpaired) electrons. The van der Waals surface area contributed by atoms with Gasteiger partial charge in [0, 0.05) is 5.54 Å². The second kappa shape index (κ2) is 5.37. The Morgan fingerprint density at radius 3 is 2.47 bits per heavy atom. The first-order valence-electron chi connectivity index (χ1n) is 6.24. The molecule has 106 valence electrons. The molecule has 3 N–H and O–H groups in total. The van der Waals surface area contributed by atoms with Crippen LogP contribution in [0.1, 0.15) is 51.4 Å². The van der Waals surface area contributed by atoms with Crippen LogP contribution >= 0.6 is 11.6 Å². The molecule has 0 atom stereocenters. The summed E-state index contributed by atoms with van der Waals surface area (Å²) < 4.78 is 0. The minimum atomic E-state index is -0.330. The van der Waals surface area contributed by atoms with Crippen LogP contribution in [0.5, 0.6) is 0 Å². The summed E-state index contributed by atoms with van der Waals surface area (Å²) in [5.41, 5.74) is 6.15. The molecule has 1 rings (SSSR count). The lowest BCUT2D eigenvalue weighted by Crippen LogP contribution is -2.45. The summed E-state index contributed by atoms with van der Waals surface area (Å²) in [6, 6.07) is 1.54. The van der Waals surface area contributed by atoms with Gasteiger partial charge in [-0.3, -0.25) is 4.79 Å². The minimum Gasteiger partial charge on any atom is -0.397 e. The number of pyridine rings is 1. The van der Waals surface area contributed by atoms with Crippen molar-refractivity contribution in [1.29, 1.82) is 0 Å². The van der Waals surface area contributed by atoms with Gasteiger partial charge in [0.15, 0.2) is 0 Å². The highest BCUT2D eigenvalue weighted by Crippen LogP contribution is 2.27. The van der Waals surface area contributed by atoms with Gasteiger partial charge in [-0.2, -0.15) is 0 Å². The number of amides is 1. The SMILES string of the molecule is CC(C)(C)CC(C)(C)NC(=O)c1cc(N)cnc1Cl. The highest BCUT2D eigenvalue weighted by atomic mass is 35.5. The molecule has 19 heavy (non-hydrogen) atoms. The van der Waals surface area contributed by atoms with Crippen LogP contribution in [0.15, 0.2) is 12.3 Å². The van der Waals surface area contributed by atoms with Gasteiger partial charge in [-0.1, -0.05) is 32.4 Å². The number of carbonyl (C=O) groups excluding carboxylic acids is 1.